The number of nitrogens with zero attached hydrogens (tertiary/aromatic N) is 1. The Labute approximate surface area is 149 Å². The summed E-state index contributed by atoms with van der Waals surface area (Å²) >= 11 is 0. The molecule has 5 rings (SSSR count). The van der Waals surface area contributed by atoms with Crippen molar-refractivity contribution in [2.45, 2.75) is 44.1 Å². The van der Waals surface area contributed by atoms with Gasteiger partial charge in [0.1, 0.15) is 22.6 Å². The predicted octanol–water partition coefficient (Wildman–Crippen LogP) is 1.55. The van der Waals surface area contributed by atoms with Crippen LogP contribution in [0.15, 0.2) is 35.0 Å². The zero-order valence-corrected chi connectivity index (χ0v) is 14.4. The van der Waals surface area contributed by atoms with Crippen LogP contribution < -0.4 is 0 Å². The van der Waals surface area contributed by atoms with E-state index in [4.69, 9.17) is 9.15 Å². The van der Waals surface area contributed by atoms with Crippen LogP contribution in [0.3, 0.4) is 0 Å². The summed E-state index contributed by atoms with van der Waals surface area (Å²) < 4.78 is 11.6. The van der Waals surface area contributed by atoms with Crippen LogP contribution in [0.25, 0.3) is 0 Å². The quantitative estimate of drug-likeness (QED) is 0.807. The molecule has 0 saturated carbocycles. The number of rotatable bonds is 2. The van der Waals surface area contributed by atoms with E-state index < -0.39 is 47.0 Å². The summed E-state index contributed by atoms with van der Waals surface area (Å²) in [6.45, 7) is 3.37. The molecule has 0 aromatic carbocycles. The largest absolute Gasteiger partial charge is 0.481 e. The van der Waals surface area contributed by atoms with Gasteiger partial charge in [0.2, 0.25) is 5.91 Å². The van der Waals surface area contributed by atoms with Gasteiger partial charge in [-0.1, -0.05) is 19.1 Å². The van der Waals surface area contributed by atoms with Gasteiger partial charge in [-0.05, 0) is 19.1 Å². The lowest BCUT2D eigenvalue weighted by Crippen LogP contribution is -2.55. The summed E-state index contributed by atoms with van der Waals surface area (Å²) in [7, 11) is 0. The number of carboxylic acids is 1. The maximum absolute atomic E-state index is 13.5. The van der Waals surface area contributed by atoms with Crippen LogP contribution in [0.2, 0.25) is 0 Å². The highest BCUT2D eigenvalue weighted by Crippen LogP contribution is 2.64. The molecule has 5 heterocycles. The Morgan fingerprint density at radius 3 is 2.81 bits per heavy atom. The van der Waals surface area contributed by atoms with Crippen LogP contribution in [0, 0.1) is 17.3 Å². The third-order valence-corrected chi connectivity index (χ3v) is 6.81. The molecule has 7 atom stereocenters. The number of fused-ring (bicyclic) bond motifs is 2. The molecule has 3 saturated heterocycles. The minimum Gasteiger partial charge on any atom is -0.481 e. The number of hydrogen-bond acceptors (Lipinski definition) is 5. The molecular weight excluding hydrogens is 338 g/mol. The third kappa shape index (κ3) is 1.52. The Balaban J connectivity index is 1.70. The molecule has 1 amide bonds. The van der Waals surface area contributed by atoms with Crippen molar-refractivity contribution in [2.24, 2.45) is 17.3 Å². The van der Waals surface area contributed by atoms with Gasteiger partial charge >= 0.3 is 5.97 Å². The van der Waals surface area contributed by atoms with Gasteiger partial charge in [-0.25, -0.2) is 0 Å². The Hall–Kier alpha value is -2.41. The highest BCUT2D eigenvalue weighted by molar-refractivity contribution is 5.96. The van der Waals surface area contributed by atoms with Gasteiger partial charge < -0.3 is 19.2 Å². The number of furan rings is 1. The van der Waals surface area contributed by atoms with E-state index in [-0.39, 0.29) is 18.1 Å². The van der Waals surface area contributed by atoms with Crippen LogP contribution in [0.5, 0.6) is 0 Å². The van der Waals surface area contributed by atoms with E-state index in [2.05, 4.69) is 0 Å². The van der Waals surface area contributed by atoms with Crippen LogP contribution in [0.1, 0.15) is 32.1 Å². The second-order valence-electron chi connectivity index (χ2n) is 7.95. The number of carbonyl (C=O) groups excluding carboxylic acids is 2. The van der Waals surface area contributed by atoms with Crippen LogP contribution >= 0.6 is 0 Å². The van der Waals surface area contributed by atoms with Crippen LogP contribution in [0.4, 0.5) is 0 Å². The monoisotopic (exact) mass is 357 g/mol. The molecule has 4 aliphatic heterocycles. The summed E-state index contributed by atoms with van der Waals surface area (Å²) in [6.07, 6.45) is 4.55. The third-order valence-electron chi connectivity index (χ3n) is 6.81. The molecule has 7 heteroatoms. The number of piperidine rings is 1. The lowest BCUT2D eigenvalue weighted by Gasteiger charge is -2.43. The first-order chi connectivity index (χ1) is 12.3. The normalized spacial score (nSPS) is 45.9. The van der Waals surface area contributed by atoms with Crippen molar-refractivity contribution in [1.82, 2.24) is 4.90 Å². The maximum atomic E-state index is 13.5. The summed E-state index contributed by atoms with van der Waals surface area (Å²) in [5, 5.41) is 9.89. The average molecular weight is 357 g/mol. The minimum atomic E-state index is -1.35. The van der Waals surface area contributed by atoms with Crippen molar-refractivity contribution in [2.75, 3.05) is 0 Å². The summed E-state index contributed by atoms with van der Waals surface area (Å²) in [6, 6.07) is 2.41. The van der Waals surface area contributed by atoms with Crippen molar-refractivity contribution in [3.05, 3.63) is 36.3 Å². The Morgan fingerprint density at radius 2 is 2.15 bits per heavy atom. The van der Waals surface area contributed by atoms with Crippen molar-refractivity contribution in [3.8, 4) is 0 Å². The smallest absolute Gasteiger partial charge is 0.313 e. The molecule has 136 valence electrons. The lowest BCUT2D eigenvalue weighted by molar-refractivity contribution is -0.159. The summed E-state index contributed by atoms with van der Waals surface area (Å²) in [5.74, 6) is -2.05. The van der Waals surface area contributed by atoms with E-state index in [1.165, 1.54) is 6.26 Å². The molecule has 4 aliphatic rings. The number of ether oxygens (including phenoxy) is 1. The molecular formula is C19H19NO6. The standard InChI is InChI=1S/C19H19NO6/c1-9-11(21)8-10(12-4-3-7-25-12)20-15(9)19-6-5-13(26-19)18(2,17(23)24)14(19)16(20)22/h3-7,9-10,13-15H,8H2,1-2H3,(H,23,24)/t9-,10+,13+,14+,15-,18+,19-/m0/s1. The molecule has 0 unspecified atom stereocenters. The highest BCUT2D eigenvalue weighted by atomic mass is 16.5. The Morgan fingerprint density at radius 1 is 1.38 bits per heavy atom. The van der Waals surface area contributed by atoms with Crippen LogP contribution in [-0.4, -0.2) is 45.4 Å². The van der Waals surface area contributed by atoms with E-state index >= 15 is 0 Å². The van der Waals surface area contributed by atoms with Crippen molar-refractivity contribution in [1.29, 1.82) is 0 Å². The fraction of sp³-hybridized carbons (Fsp3) is 0.526. The SMILES string of the molecule is C[C@H]1C(=O)C[C@H](c2ccco2)N2C(=O)[C@H]3[C@@]4(C=C[C@@H](O4)[C@@]3(C)C(=O)O)[C@H]12. The van der Waals surface area contributed by atoms with Gasteiger partial charge in [0.05, 0.1) is 30.4 Å². The average Bonchev–Trinajstić information content (AvgIpc) is 3.33. The van der Waals surface area contributed by atoms with Crippen molar-refractivity contribution >= 4 is 17.7 Å². The summed E-state index contributed by atoms with van der Waals surface area (Å²) in [5.41, 5.74) is -2.42. The zero-order valence-electron chi connectivity index (χ0n) is 14.4. The molecule has 1 aromatic heterocycles. The first kappa shape index (κ1) is 15.8. The number of amides is 1. The maximum Gasteiger partial charge on any atom is 0.313 e. The topological polar surface area (TPSA) is 97.0 Å². The van der Waals surface area contributed by atoms with E-state index in [0.29, 0.717) is 5.76 Å². The molecule has 3 fully saturated rings. The van der Waals surface area contributed by atoms with E-state index in [1.807, 2.05) is 6.08 Å². The number of carboxylic acid groups (broad SMARTS) is 1. The number of Topliss-reactive ketones (excluding diaryl/α,β-unsaturated/α-hetero) is 1. The van der Waals surface area contributed by atoms with Gasteiger partial charge in [0.15, 0.2) is 0 Å². The number of aliphatic carboxylic acids is 1. The van der Waals surface area contributed by atoms with Crippen molar-refractivity contribution < 1.29 is 28.6 Å². The van der Waals surface area contributed by atoms with Gasteiger partial charge in [0.25, 0.3) is 0 Å². The molecule has 1 aromatic rings. The fourth-order valence-electron chi connectivity index (χ4n) is 5.54. The van der Waals surface area contributed by atoms with Gasteiger partial charge in [-0.15, -0.1) is 0 Å². The molecule has 0 radical (unpaired) electrons. The molecule has 1 spiro atoms. The molecule has 2 bridgehead atoms. The number of ketones is 1. The lowest BCUT2D eigenvalue weighted by atomic mass is 9.64. The zero-order chi connectivity index (χ0) is 18.4. The summed E-state index contributed by atoms with van der Waals surface area (Å²) in [4.78, 5) is 40.0. The highest BCUT2D eigenvalue weighted by Gasteiger charge is 2.78. The predicted molar refractivity (Wildman–Crippen MR) is 86.8 cm³/mol. The van der Waals surface area contributed by atoms with E-state index in [1.54, 1.807) is 37.0 Å². The second kappa shape index (κ2) is 4.65. The molecule has 26 heavy (non-hydrogen) atoms. The van der Waals surface area contributed by atoms with E-state index in [9.17, 15) is 19.5 Å². The minimum absolute atomic E-state index is 0.0276. The van der Waals surface area contributed by atoms with Gasteiger partial charge in [-0.2, -0.15) is 0 Å². The molecule has 7 nitrogen and oxygen atoms in total. The molecule has 0 aliphatic carbocycles. The Kier molecular flexibility index (Phi) is 2.83. The van der Waals surface area contributed by atoms with Crippen LogP contribution in [-0.2, 0) is 19.1 Å². The first-order valence-corrected chi connectivity index (χ1v) is 8.81. The number of carbonyl (C=O) groups is 3. The molecule has 1 N–H and O–H groups in total. The van der Waals surface area contributed by atoms with E-state index in [0.717, 1.165) is 0 Å². The number of hydrogen-bond donors (Lipinski definition) is 1. The van der Waals surface area contributed by atoms with Crippen molar-refractivity contribution in [3.63, 3.8) is 0 Å². The Bertz CT molecular complexity index is 859. The second-order valence-corrected chi connectivity index (χ2v) is 7.95. The van der Waals surface area contributed by atoms with Gasteiger partial charge in [0, 0.05) is 12.3 Å². The fourth-order valence-corrected chi connectivity index (χ4v) is 5.54. The van der Waals surface area contributed by atoms with Gasteiger partial charge in [-0.3, -0.25) is 14.4 Å². The first-order valence-electron chi connectivity index (χ1n) is 8.81.